The highest BCUT2D eigenvalue weighted by Crippen LogP contribution is 2.71. The van der Waals surface area contributed by atoms with E-state index in [2.05, 4.69) is 118 Å². The third kappa shape index (κ3) is 21.2. The normalized spacial score (nSPS) is 40.2. The molecule has 17 aliphatic rings. The van der Waals surface area contributed by atoms with Crippen LogP contribution in [0, 0.1) is 171 Å². The van der Waals surface area contributed by atoms with Crippen molar-refractivity contribution in [3.05, 3.63) is 83.9 Å². The Labute approximate surface area is 852 Å². The topological polar surface area (TPSA) is 294 Å². The number of hydrogen-bond acceptors (Lipinski definition) is 19. The van der Waals surface area contributed by atoms with Gasteiger partial charge in [-0.2, -0.15) is 25.2 Å². The maximum atomic E-state index is 13.7. The number of ether oxygens (including phenoxy) is 3. The Hall–Kier alpha value is -7.55. The van der Waals surface area contributed by atoms with E-state index in [1.807, 2.05) is 33.8 Å². The quantitative estimate of drug-likeness (QED) is 0.0581. The smallest absolute Gasteiger partial charge is 0.406 e. The molecule has 145 heavy (non-hydrogen) atoms. The van der Waals surface area contributed by atoms with Gasteiger partial charge in [0.25, 0.3) is 0 Å². The highest BCUT2D eigenvalue weighted by atomic mass is 79.9. The molecule has 1 aliphatic heterocycles. The number of alkyl halides is 10. The molecule has 0 amide bonds. The van der Waals surface area contributed by atoms with Crippen LogP contribution in [0.25, 0.3) is 33.1 Å². The zero-order valence-corrected chi connectivity index (χ0v) is 87.2. The van der Waals surface area contributed by atoms with E-state index in [0.29, 0.717) is 128 Å². The summed E-state index contributed by atoms with van der Waals surface area (Å²) in [7, 11) is 0. The van der Waals surface area contributed by atoms with Crippen molar-refractivity contribution in [2.24, 2.45) is 174 Å². The molecule has 4 aromatic carbocycles. The molecule has 792 valence electrons. The fraction of sp³-hybridized carbons (Fsp3) is 0.752. The van der Waals surface area contributed by atoms with E-state index in [0.717, 1.165) is 190 Å². The SMILES string of the molecule is C[C@@]1(O)CC[C@H]2[C@H](CC[C@@H]3[C@@H]2CC[C@]2(C)[C@@H](C(=O)CBr)CC[C@@H]32)C1.C[C@@]1(O)CC[C@H]2[C@H](CC[C@@H]3[C@@H]2CC[C@]2(C)[C@@H](C(=O)Cn4nc5ccc(OC(F)(F)F)cc5n4)CC[C@@H]32)C1.C[C@@]1(O)CC[C@H]2[C@H](CC[C@@H]3[C@@H]2CC[C@]2(C)[C@@H](C(=O)Cn4nnc5cc(OC(F)(F)F)ccc54)CC[C@@H]32)C1.C[C@@]1(O)CC[C@H]2[C@H](CC[C@@H]3[C@@H]2CC[C@]2(C)[C@@H](C(=O)Cn4nnc5ccc(OC(F)(F)F)cc54)CC[C@@H]32)C1.Cc1ccc2c(c1)CN=N2. The van der Waals surface area contributed by atoms with Crippen LogP contribution in [0.3, 0.4) is 0 Å². The molecule has 0 unspecified atom stereocenters. The number of nitrogens with zero attached hydrogens (tertiary/aromatic N) is 11. The van der Waals surface area contributed by atoms with Crippen LogP contribution in [0.1, 0.15) is 298 Å². The number of carbonyl (C=O) groups is 4. The van der Waals surface area contributed by atoms with Crippen LogP contribution in [-0.2, 0) is 45.4 Å². The number of aromatic nitrogens is 9. The zero-order chi connectivity index (χ0) is 103. The van der Waals surface area contributed by atoms with Gasteiger partial charge in [0, 0.05) is 47.4 Å². The summed E-state index contributed by atoms with van der Waals surface area (Å²) in [5, 5.41) is 75.6. The van der Waals surface area contributed by atoms with E-state index in [1.165, 1.54) is 163 Å². The molecule has 16 aliphatic carbocycles. The van der Waals surface area contributed by atoms with Gasteiger partial charge >= 0.3 is 19.1 Å². The Morgan fingerprint density at radius 1 is 0.359 bits per heavy atom. The predicted molar refractivity (Wildman–Crippen MR) is 531 cm³/mol. The van der Waals surface area contributed by atoms with Gasteiger partial charge in [0.1, 0.15) is 64.7 Å². The molecule has 16 fully saturated rings. The first-order valence-corrected chi connectivity index (χ1v) is 55.9. The van der Waals surface area contributed by atoms with E-state index in [-0.39, 0.29) is 105 Å². The second-order valence-corrected chi connectivity index (χ2v) is 51.3. The molecule has 16 saturated carbocycles. The average Bonchev–Trinajstić information content (AvgIpc) is 1.50. The summed E-state index contributed by atoms with van der Waals surface area (Å²) >= 11 is 3.42. The summed E-state index contributed by atoms with van der Waals surface area (Å²) in [5.74, 6) is 13.8. The molecule has 24 rings (SSSR count). The van der Waals surface area contributed by atoms with Crippen molar-refractivity contribution in [3.63, 3.8) is 0 Å². The molecule has 4 N–H and O–H groups in total. The minimum Gasteiger partial charge on any atom is -0.406 e. The van der Waals surface area contributed by atoms with Gasteiger partial charge in [0.05, 0.1) is 51.0 Å². The third-order valence-electron chi connectivity index (χ3n) is 42.3. The molecule has 4 heterocycles. The second-order valence-electron chi connectivity index (χ2n) is 50.7. The van der Waals surface area contributed by atoms with Crippen molar-refractivity contribution >= 4 is 77.9 Å². The molecule has 7 aromatic rings. The van der Waals surface area contributed by atoms with Crippen LogP contribution in [0.5, 0.6) is 17.2 Å². The summed E-state index contributed by atoms with van der Waals surface area (Å²) in [6.07, 6.45) is 25.0. The number of hydrogen-bond donors (Lipinski definition) is 4. The summed E-state index contributed by atoms with van der Waals surface area (Å²) < 4.78 is 128. The number of Topliss-reactive ketones (excluding diaryl/α,β-unsaturated/α-hetero) is 4. The minimum absolute atomic E-state index is 0.00677. The number of fused-ring (bicyclic) bond motifs is 24. The van der Waals surface area contributed by atoms with E-state index in [1.54, 1.807) is 0 Å². The number of aliphatic hydroxyl groups is 4. The van der Waals surface area contributed by atoms with Gasteiger partial charge in [-0.3, -0.25) is 19.2 Å². The second kappa shape index (κ2) is 39.6. The van der Waals surface area contributed by atoms with E-state index in [4.69, 9.17) is 0 Å². The van der Waals surface area contributed by atoms with Gasteiger partial charge in [0.15, 0.2) is 17.3 Å². The van der Waals surface area contributed by atoms with Crippen molar-refractivity contribution in [3.8, 4) is 17.2 Å². The van der Waals surface area contributed by atoms with Crippen LogP contribution < -0.4 is 14.2 Å². The van der Waals surface area contributed by atoms with Crippen LogP contribution in [0.15, 0.2) is 83.0 Å². The van der Waals surface area contributed by atoms with E-state index >= 15 is 0 Å². The Morgan fingerprint density at radius 3 is 1.09 bits per heavy atom. The first-order valence-electron chi connectivity index (χ1n) is 54.8. The highest BCUT2D eigenvalue weighted by molar-refractivity contribution is 9.09. The van der Waals surface area contributed by atoms with Crippen LogP contribution in [0.4, 0.5) is 45.2 Å². The number of halogens is 10. The van der Waals surface area contributed by atoms with Crippen LogP contribution in [-0.4, -0.2) is 135 Å². The number of carbonyl (C=O) groups excluding carboxylic acids is 4. The highest BCUT2D eigenvalue weighted by Gasteiger charge is 2.65. The monoisotopic (exact) mass is 2090 g/mol. The number of ketones is 4. The molecule has 0 saturated heterocycles. The van der Waals surface area contributed by atoms with Crippen molar-refractivity contribution in [1.82, 2.24) is 45.0 Å². The van der Waals surface area contributed by atoms with Gasteiger partial charge in [0.2, 0.25) is 0 Å². The van der Waals surface area contributed by atoms with Gasteiger partial charge in [-0.25, -0.2) is 9.36 Å². The number of benzene rings is 4. The van der Waals surface area contributed by atoms with Gasteiger partial charge < -0.3 is 34.6 Å². The van der Waals surface area contributed by atoms with Crippen LogP contribution >= 0.6 is 15.9 Å². The summed E-state index contributed by atoms with van der Waals surface area (Å²) in [5.41, 5.74) is 4.07. The summed E-state index contributed by atoms with van der Waals surface area (Å²) in [4.78, 5) is 54.7. The fourth-order valence-corrected chi connectivity index (χ4v) is 36.5. The fourth-order valence-electron chi connectivity index (χ4n) is 36.2. The average molecular weight is 2090 g/mol. The Bertz CT molecular complexity index is 5930. The third-order valence-corrected chi connectivity index (χ3v) is 42.8. The van der Waals surface area contributed by atoms with Gasteiger partial charge in [-0.05, 0) is 448 Å². The Kier molecular flexibility index (Phi) is 28.5. The molecule has 0 bridgehead atoms. The van der Waals surface area contributed by atoms with Crippen molar-refractivity contribution in [2.75, 3.05) is 5.33 Å². The molecule has 32 heteroatoms. The first-order chi connectivity index (χ1) is 68.5. The first kappa shape index (κ1) is 105. The lowest BCUT2D eigenvalue weighted by Gasteiger charge is -2.56. The summed E-state index contributed by atoms with van der Waals surface area (Å²) in [6, 6.07) is 17.8. The molecule has 0 radical (unpaired) electrons. The number of rotatable bonds is 14. The van der Waals surface area contributed by atoms with Gasteiger partial charge in [-0.15, -0.1) is 49.7 Å². The Morgan fingerprint density at radius 2 is 0.697 bits per heavy atom. The maximum Gasteiger partial charge on any atom is 0.573 e. The van der Waals surface area contributed by atoms with E-state index < -0.39 is 41.5 Å². The zero-order valence-electron chi connectivity index (χ0n) is 85.6. The van der Waals surface area contributed by atoms with E-state index in [9.17, 15) is 79.1 Å². The maximum absolute atomic E-state index is 13.7. The van der Waals surface area contributed by atoms with Crippen molar-refractivity contribution < 1.29 is 93.3 Å². The Balaban J connectivity index is 0.000000115. The summed E-state index contributed by atoms with van der Waals surface area (Å²) in [6.45, 7) is 20.4. The molecule has 22 nitrogen and oxygen atoms in total. The molecular formula is C113H149BrF9N11O11. The molecular weight excluding hydrogens is 1940 g/mol. The minimum atomic E-state index is -4.79. The largest absolute Gasteiger partial charge is 0.573 e. The lowest BCUT2D eigenvalue weighted by molar-refractivity contribution is -0.275. The number of aryl methyl sites for hydroxylation is 1. The van der Waals surface area contributed by atoms with Gasteiger partial charge in [-0.1, -0.05) is 71.7 Å². The standard InChI is InChI=1S/3C28H36F3N3O3.C21H33BrO2.C8H8N2/c1-26(36)11-9-18-16(14-26)3-5-20-19(18)10-12-27(2)21(20)6-7-22(27)25(35)15-34-24-8-4-17(37-28(29,30)31)13-23(24)32-33-34;1-26(36)11-9-18-16(14-26)3-5-20-19(18)10-12-27(2)21(20)6-7-22(27)25(35)15-34-24-13-17(37-28(29,30)31)4-8-23(24)32-33-34;1-26(36)11-9-18-16(14-26)3-5-20-19(18)10-12-27(2)21(20)6-7-22(27)25(35)15-34-32-23-8-4-17(13-24(23)33-34)37-28(29,30)31;1-20(24)9-7-14-13(11-20)3-4-16-15(14)8-10-21(2)17(16)5-6-18(21)19(23)12-22;1-6-2-3-8-7(4-6)5-9-10-8/h3*4,8,13,16,18-22,36H,3,5-7,9-12,14-15H2,1-2H3;13-18,24H,3-12H2,1-2H3;2-4H,5H2,1H3/t3*16-,18+,19-,20-,21+,22-,26-,27+;13-,14+,15-,16-,17+,18-,20-,21+;/m1111./s1. The lowest BCUT2D eigenvalue weighted by Crippen LogP contribution is -2.51. The van der Waals surface area contributed by atoms with Crippen molar-refractivity contribution in [1.29, 1.82) is 0 Å². The lowest BCUT2D eigenvalue weighted by atomic mass is 9.49. The molecule has 32 atom stereocenters. The van der Waals surface area contributed by atoms with Crippen LogP contribution in [0.2, 0.25) is 0 Å². The molecule has 3 aromatic heterocycles. The molecule has 0 spiro atoms. The van der Waals surface area contributed by atoms with Crippen molar-refractivity contribution in [2.45, 2.75) is 361 Å². The predicted octanol–water partition coefficient (Wildman–Crippen LogP) is 25.3. The number of azo groups is 1.